The molecular weight excluding hydrogens is 482 g/mol. The van der Waals surface area contributed by atoms with Crippen molar-refractivity contribution in [2.24, 2.45) is 0 Å². The molecule has 0 amide bonds. The van der Waals surface area contributed by atoms with Crippen molar-refractivity contribution in [1.82, 2.24) is 4.98 Å². The monoisotopic (exact) mass is 491 g/mol. The van der Waals surface area contributed by atoms with E-state index in [2.05, 4.69) is 4.98 Å². The number of pyridine rings is 2. The molecule has 2 aromatic heterocycles. The third-order valence-electron chi connectivity index (χ3n) is 3.93. The Kier molecular flexibility index (Phi) is 6.12. The van der Waals surface area contributed by atoms with Crippen LogP contribution in [0.25, 0.3) is 0 Å². The molecule has 7 nitrogen and oxygen atoms in total. The van der Waals surface area contributed by atoms with Crippen LogP contribution in [0.15, 0.2) is 59.9 Å². The predicted octanol–water partition coefficient (Wildman–Crippen LogP) is 4.07. The van der Waals surface area contributed by atoms with Crippen molar-refractivity contribution in [1.29, 1.82) is 0 Å². The van der Waals surface area contributed by atoms with E-state index < -0.39 is 37.5 Å². The van der Waals surface area contributed by atoms with Gasteiger partial charge in [0.2, 0.25) is 5.78 Å². The number of benzene rings is 1. The van der Waals surface area contributed by atoms with E-state index in [9.17, 15) is 31.6 Å². The van der Waals surface area contributed by atoms with Gasteiger partial charge in [0.1, 0.15) is 5.69 Å². The summed E-state index contributed by atoms with van der Waals surface area (Å²) in [6.07, 6.45) is -1.68. The fourth-order valence-electron chi connectivity index (χ4n) is 2.49. The lowest BCUT2D eigenvalue weighted by molar-refractivity contribution is -0.605. The molecule has 1 N–H and O–H groups in total. The highest BCUT2D eigenvalue weighted by Gasteiger charge is 2.34. The van der Waals surface area contributed by atoms with E-state index in [1.807, 2.05) is 4.72 Å². The summed E-state index contributed by atoms with van der Waals surface area (Å²) in [4.78, 5) is 15.8. The summed E-state index contributed by atoms with van der Waals surface area (Å²) < 4.78 is 67.2. The molecule has 31 heavy (non-hydrogen) atoms. The number of ketones is 1. The average molecular weight is 492 g/mol. The van der Waals surface area contributed by atoms with Crippen molar-refractivity contribution in [2.75, 3.05) is 4.72 Å². The minimum atomic E-state index is -4.88. The van der Waals surface area contributed by atoms with Crippen LogP contribution in [-0.4, -0.2) is 19.2 Å². The number of anilines is 1. The fraction of sp³-hybridized carbons (Fsp3) is 0.0556. The highest BCUT2D eigenvalue weighted by molar-refractivity contribution is 7.92. The number of halogens is 5. The van der Waals surface area contributed by atoms with Gasteiger partial charge in [0, 0.05) is 23.9 Å². The Morgan fingerprint density at radius 3 is 2.35 bits per heavy atom. The molecule has 3 rings (SSSR count). The molecule has 0 unspecified atom stereocenters. The SMILES string of the molecule is O=C(c1cc[n+]([O-])cc1)c1ncc(Cl)cc1NS(=O)(=O)c1ccc(Cl)c(C(F)(F)F)c1. The fourth-order valence-corrected chi connectivity index (χ4v) is 3.96. The summed E-state index contributed by atoms with van der Waals surface area (Å²) in [7, 11) is -4.59. The van der Waals surface area contributed by atoms with Gasteiger partial charge in [-0.3, -0.25) is 9.52 Å². The van der Waals surface area contributed by atoms with Crippen LogP contribution in [0.3, 0.4) is 0 Å². The summed E-state index contributed by atoms with van der Waals surface area (Å²) in [6, 6.07) is 5.51. The highest BCUT2D eigenvalue weighted by atomic mass is 35.5. The maximum Gasteiger partial charge on any atom is 0.417 e. The lowest BCUT2D eigenvalue weighted by atomic mass is 10.1. The molecule has 0 bridgehead atoms. The van der Waals surface area contributed by atoms with Crippen LogP contribution in [0.5, 0.6) is 0 Å². The van der Waals surface area contributed by atoms with Crippen LogP contribution in [0.1, 0.15) is 21.6 Å². The van der Waals surface area contributed by atoms with E-state index >= 15 is 0 Å². The maximum atomic E-state index is 13.1. The zero-order valence-corrected chi connectivity index (χ0v) is 17.3. The van der Waals surface area contributed by atoms with Crippen molar-refractivity contribution in [3.63, 3.8) is 0 Å². The van der Waals surface area contributed by atoms with Crippen molar-refractivity contribution < 1.29 is 31.1 Å². The van der Waals surface area contributed by atoms with Gasteiger partial charge in [-0.2, -0.15) is 17.9 Å². The molecule has 0 fully saturated rings. The number of sulfonamides is 1. The number of carbonyl (C=O) groups excluding carboxylic acids is 1. The number of aromatic nitrogens is 2. The molecular formula is C18H10Cl2F3N3O4S. The first-order valence-corrected chi connectivity index (χ1v) is 10.4. The number of carbonyl (C=O) groups is 1. The Balaban J connectivity index is 2.03. The maximum absolute atomic E-state index is 13.1. The van der Waals surface area contributed by atoms with E-state index in [0.29, 0.717) is 10.8 Å². The number of rotatable bonds is 5. The van der Waals surface area contributed by atoms with Crippen LogP contribution >= 0.6 is 23.2 Å². The van der Waals surface area contributed by atoms with E-state index in [1.165, 1.54) is 12.1 Å². The minimum absolute atomic E-state index is 0.0215. The standard InChI is InChI=1S/C18H10Cl2F3N3O4S/c19-11-7-15(16(24-9-11)17(27)10-3-5-26(28)6-4-10)25-31(29,30)12-1-2-14(20)13(8-12)18(21,22)23/h1-9,25H. The first-order valence-electron chi connectivity index (χ1n) is 8.17. The second-order valence-corrected chi connectivity index (χ2v) is 8.60. The van der Waals surface area contributed by atoms with Gasteiger partial charge >= 0.3 is 6.18 Å². The van der Waals surface area contributed by atoms with E-state index in [1.54, 1.807) is 0 Å². The lowest BCUT2D eigenvalue weighted by Crippen LogP contribution is -2.24. The minimum Gasteiger partial charge on any atom is -0.619 e. The second kappa shape index (κ2) is 8.33. The van der Waals surface area contributed by atoms with E-state index in [4.69, 9.17) is 23.2 Å². The van der Waals surface area contributed by atoms with Gasteiger partial charge in [-0.05, 0) is 24.3 Å². The average Bonchev–Trinajstić information content (AvgIpc) is 2.67. The van der Waals surface area contributed by atoms with Crippen LogP contribution < -0.4 is 9.45 Å². The van der Waals surface area contributed by atoms with Crippen molar-refractivity contribution >= 4 is 44.7 Å². The van der Waals surface area contributed by atoms with Crippen molar-refractivity contribution in [3.8, 4) is 0 Å². The molecule has 0 aliphatic heterocycles. The Hall–Kier alpha value is -2.89. The Labute approximate surface area is 183 Å². The molecule has 3 aromatic rings. The first-order chi connectivity index (χ1) is 14.4. The second-order valence-electron chi connectivity index (χ2n) is 6.07. The van der Waals surface area contributed by atoms with Crippen LogP contribution in [0.2, 0.25) is 10.0 Å². The third-order valence-corrected chi connectivity index (χ3v) is 5.83. The molecule has 162 valence electrons. The van der Waals surface area contributed by atoms with Gasteiger partial charge in [0.05, 0.1) is 26.2 Å². The normalized spacial score (nSPS) is 11.9. The first kappa shape index (κ1) is 22.8. The highest BCUT2D eigenvalue weighted by Crippen LogP contribution is 2.36. The van der Waals surface area contributed by atoms with Crippen LogP contribution in [0.4, 0.5) is 18.9 Å². The summed E-state index contributed by atoms with van der Waals surface area (Å²) in [6.45, 7) is 0. The molecule has 0 atom stereocenters. The van der Waals surface area contributed by atoms with E-state index in [0.717, 1.165) is 36.8 Å². The Morgan fingerprint density at radius 1 is 1.10 bits per heavy atom. The van der Waals surface area contributed by atoms with E-state index in [-0.39, 0.29) is 22.0 Å². The largest absolute Gasteiger partial charge is 0.619 e. The molecule has 0 radical (unpaired) electrons. The van der Waals surface area contributed by atoms with Gasteiger partial charge in [0.25, 0.3) is 10.0 Å². The molecule has 0 aliphatic rings. The smallest absolute Gasteiger partial charge is 0.417 e. The molecule has 0 aliphatic carbocycles. The van der Waals surface area contributed by atoms with Crippen molar-refractivity contribution in [2.45, 2.75) is 11.1 Å². The van der Waals surface area contributed by atoms with Gasteiger partial charge in [-0.15, -0.1) is 0 Å². The molecule has 13 heteroatoms. The van der Waals surface area contributed by atoms with Gasteiger partial charge < -0.3 is 5.21 Å². The molecule has 2 heterocycles. The van der Waals surface area contributed by atoms with Crippen LogP contribution in [0, 0.1) is 5.21 Å². The van der Waals surface area contributed by atoms with Gasteiger partial charge in [-0.1, -0.05) is 23.2 Å². The summed E-state index contributed by atoms with van der Waals surface area (Å²) in [5, 5.41) is 10.4. The number of alkyl halides is 3. The molecule has 0 saturated carbocycles. The van der Waals surface area contributed by atoms with Crippen molar-refractivity contribution in [3.05, 3.63) is 87.1 Å². The number of nitrogens with one attached hydrogen (secondary N) is 1. The zero-order chi connectivity index (χ0) is 23.0. The Bertz CT molecular complexity index is 1270. The van der Waals surface area contributed by atoms with Gasteiger partial charge in [-0.25, -0.2) is 13.4 Å². The number of hydrogen-bond acceptors (Lipinski definition) is 5. The topological polar surface area (TPSA) is 103 Å². The zero-order valence-electron chi connectivity index (χ0n) is 15.0. The van der Waals surface area contributed by atoms with Crippen LogP contribution in [-0.2, 0) is 16.2 Å². The predicted molar refractivity (Wildman–Crippen MR) is 105 cm³/mol. The quantitative estimate of drug-likeness (QED) is 0.329. The number of nitrogens with zero attached hydrogens (tertiary/aromatic N) is 2. The summed E-state index contributed by atoms with van der Waals surface area (Å²) >= 11 is 11.4. The molecule has 0 saturated heterocycles. The Morgan fingerprint density at radius 2 is 1.74 bits per heavy atom. The summed E-state index contributed by atoms with van der Waals surface area (Å²) in [5.74, 6) is -0.748. The molecule has 1 aromatic carbocycles. The third kappa shape index (κ3) is 5.06. The molecule has 0 spiro atoms. The van der Waals surface area contributed by atoms with Gasteiger partial charge in [0.15, 0.2) is 12.4 Å². The lowest BCUT2D eigenvalue weighted by Gasteiger charge is -2.14. The summed E-state index contributed by atoms with van der Waals surface area (Å²) in [5.41, 5.74) is -2.05. The number of hydrogen-bond donors (Lipinski definition) is 1.